The van der Waals surface area contributed by atoms with E-state index in [1.165, 1.54) is 134 Å². The van der Waals surface area contributed by atoms with E-state index in [1.807, 2.05) is 45.3 Å². The van der Waals surface area contributed by atoms with Crippen LogP contribution < -0.4 is 9.47 Å². The van der Waals surface area contributed by atoms with Gasteiger partial charge >= 0.3 is 0 Å². The summed E-state index contributed by atoms with van der Waals surface area (Å²) in [6.45, 7) is 30.0. The lowest BCUT2D eigenvalue weighted by atomic mass is 10.1. The van der Waals surface area contributed by atoms with Crippen molar-refractivity contribution in [1.82, 2.24) is 0 Å². The van der Waals surface area contributed by atoms with Gasteiger partial charge < -0.3 is 42.6 Å². The molecule has 6 aromatic heterocycles. The smallest absolute Gasteiger partial charge is 0.136 e. The van der Waals surface area contributed by atoms with Crippen molar-refractivity contribution < 1.29 is 42.6 Å². The quantitative estimate of drug-likeness (QED) is 0.0357. The average molecular weight is 1150 g/mol. The summed E-state index contributed by atoms with van der Waals surface area (Å²) in [6, 6.07) is 14.3. The summed E-state index contributed by atoms with van der Waals surface area (Å²) in [6.07, 6.45) is 13.1. The zero-order chi connectivity index (χ0) is 54.2. The van der Waals surface area contributed by atoms with Crippen molar-refractivity contribution in [3.63, 3.8) is 0 Å². The molecule has 0 aliphatic carbocycles. The van der Waals surface area contributed by atoms with E-state index in [0.717, 1.165) is 11.5 Å². The third-order valence-corrected chi connectivity index (χ3v) is 19.4. The molecule has 0 saturated carbocycles. The van der Waals surface area contributed by atoms with E-state index in [4.69, 9.17) is 42.6 Å². The molecule has 0 aromatic carbocycles. The highest BCUT2D eigenvalue weighted by atomic mass is 32.1. The van der Waals surface area contributed by atoms with Gasteiger partial charge in [-0.1, -0.05) is 52.4 Å². The van der Waals surface area contributed by atoms with Crippen LogP contribution in [0.2, 0.25) is 0 Å². The molecule has 0 spiro atoms. The predicted octanol–water partition coefficient (Wildman–Crippen LogP) is 17.3. The lowest BCUT2D eigenvalue weighted by Gasteiger charge is -2.09. The molecule has 0 N–H and O–H groups in total. The number of aryl methyl sites for hydroxylation is 8. The number of methoxy groups -OCH3 is 2. The van der Waals surface area contributed by atoms with Crippen molar-refractivity contribution in [2.45, 2.75) is 133 Å². The molecule has 0 saturated heterocycles. The summed E-state index contributed by atoms with van der Waals surface area (Å²) in [5.41, 5.74) is 5.59. The summed E-state index contributed by atoms with van der Waals surface area (Å²) in [4.78, 5) is 16.7. The van der Waals surface area contributed by atoms with Gasteiger partial charge in [0.1, 0.15) is 24.7 Å². The highest BCUT2D eigenvalue weighted by Gasteiger charge is 2.17. The topological polar surface area (TPSA) is 83.1 Å². The fourth-order valence-corrected chi connectivity index (χ4v) is 14.7. The Hall–Kier alpha value is -2.48. The Labute approximate surface area is 476 Å². The van der Waals surface area contributed by atoms with Crippen molar-refractivity contribution in [1.29, 1.82) is 0 Å². The minimum absolute atomic E-state index is 0.567. The number of unbranched alkanes of at least 4 members (excludes halogenated alkanes) is 6. The maximum Gasteiger partial charge on any atom is 0.136 e. The highest BCUT2D eigenvalue weighted by Crippen LogP contribution is 2.45. The lowest BCUT2D eigenvalue weighted by Crippen LogP contribution is -2.13. The zero-order valence-corrected chi connectivity index (χ0v) is 52.5. The molecule has 6 heterocycles. The van der Waals surface area contributed by atoms with Crippen LogP contribution in [-0.2, 0) is 46.0 Å². The maximum atomic E-state index is 5.78. The molecule has 0 aliphatic rings. The van der Waals surface area contributed by atoms with Crippen LogP contribution in [0.5, 0.6) is 11.5 Å². The van der Waals surface area contributed by atoms with Gasteiger partial charge in [-0.05, 0) is 129 Å². The molecule has 0 atom stereocenters. The first kappa shape index (κ1) is 65.0. The van der Waals surface area contributed by atoms with Crippen LogP contribution in [0.1, 0.15) is 117 Å². The Bertz CT molecular complexity index is 2330. The minimum atomic E-state index is 0.567. The zero-order valence-electron chi connectivity index (χ0n) is 47.6. The molecule has 420 valence electrons. The van der Waals surface area contributed by atoms with Crippen LogP contribution in [-0.4, -0.2) is 107 Å². The normalized spacial score (nSPS) is 11.3. The van der Waals surface area contributed by atoms with Crippen LogP contribution in [0.25, 0.3) is 29.3 Å². The van der Waals surface area contributed by atoms with E-state index in [0.29, 0.717) is 92.5 Å². The fraction of sp³-hybridized carbons (Fsp3) is 0.600. The molecule has 0 fully saturated rings. The van der Waals surface area contributed by atoms with Crippen molar-refractivity contribution in [2.24, 2.45) is 0 Å². The Morgan fingerprint density at radius 3 is 1.00 bits per heavy atom. The average Bonchev–Trinajstić information content (AvgIpc) is 4.27. The van der Waals surface area contributed by atoms with Gasteiger partial charge in [0.2, 0.25) is 0 Å². The van der Waals surface area contributed by atoms with Gasteiger partial charge in [-0.25, -0.2) is 0 Å². The molecule has 6 aromatic rings. The van der Waals surface area contributed by atoms with Crippen LogP contribution in [0.3, 0.4) is 0 Å². The molecule has 6 rings (SSSR count). The van der Waals surface area contributed by atoms with Gasteiger partial charge in [-0.15, -0.1) is 68.0 Å². The van der Waals surface area contributed by atoms with Crippen molar-refractivity contribution in [2.75, 3.05) is 107 Å². The summed E-state index contributed by atoms with van der Waals surface area (Å²) in [5, 5.41) is 0. The van der Waals surface area contributed by atoms with E-state index < -0.39 is 0 Å². The summed E-state index contributed by atoms with van der Waals surface area (Å²) in [7, 11) is 3.32. The third kappa shape index (κ3) is 23.8. The Morgan fingerprint density at radius 1 is 0.347 bits per heavy atom. The molecule has 0 radical (unpaired) electrons. The monoisotopic (exact) mass is 1150 g/mol. The standard InChI is InChI=1S/C30H38S4.C16H28O5S.C14H24O4S/c1-5-7-9-11-13-23-19-21(3)31-29(23)27-17-15-25(33-27)26-16-18-28(34-26)30-24(20-22(4)32-30)14-12-10-8-6-2;1-13-14(2)22-15(3)16(13)21-12-11-20-10-9-19-8-7-18-6-5-17-4;1-11-12(2)19-13(3)14(11)18-10-9-17-8-7-16-6-5-15-4/h15-20H,5-14H2,1-4H3;5-12H2,1-4H3;5-10H2,1-4H3. The second-order valence-electron chi connectivity index (χ2n) is 18.5. The number of ether oxygens (including phenoxy) is 9. The third-order valence-electron chi connectivity index (χ3n) is 12.3. The Kier molecular flexibility index (Phi) is 33.1. The lowest BCUT2D eigenvalue weighted by molar-refractivity contribution is 0.000136. The molecule has 75 heavy (non-hydrogen) atoms. The van der Waals surface area contributed by atoms with E-state index in [9.17, 15) is 0 Å². The van der Waals surface area contributed by atoms with Gasteiger partial charge in [0, 0.05) is 83.9 Å². The predicted molar refractivity (Wildman–Crippen MR) is 325 cm³/mol. The molecular weight excluding hydrogens is 1060 g/mol. The molecule has 0 amide bonds. The largest absolute Gasteiger partial charge is 0.490 e. The molecular formula is C60H90O9S6. The number of thiophene rings is 6. The molecule has 15 heteroatoms. The molecule has 0 aliphatic heterocycles. The van der Waals surface area contributed by atoms with E-state index >= 15 is 0 Å². The van der Waals surface area contributed by atoms with Crippen LogP contribution in [0, 0.1) is 55.4 Å². The van der Waals surface area contributed by atoms with Gasteiger partial charge in [0.05, 0.1) is 79.3 Å². The van der Waals surface area contributed by atoms with Crippen molar-refractivity contribution in [3.05, 3.63) is 87.9 Å². The van der Waals surface area contributed by atoms with Gasteiger partial charge in [-0.2, -0.15) is 0 Å². The van der Waals surface area contributed by atoms with Crippen molar-refractivity contribution in [3.8, 4) is 40.8 Å². The van der Waals surface area contributed by atoms with E-state index in [1.54, 1.807) is 48.0 Å². The van der Waals surface area contributed by atoms with Crippen LogP contribution in [0.4, 0.5) is 0 Å². The first-order chi connectivity index (χ1) is 36.4. The number of hydrogen-bond acceptors (Lipinski definition) is 15. The maximum absolute atomic E-state index is 5.78. The molecule has 0 bridgehead atoms. The minimum Gasteiger partial charge on any atom is -0.490 e. The number of hydrogen-bond donors (Lipinski definition) is 0. The first-order valence-electron chi connectivity index (χ1n) is 27.1. The second kappa shape index (κ2) is 38.2. The molecule has 9 nitrogen and oxygen atoms in total. The summed E-state index contributed by atoms with van der Waals surface area (Å²) >= 11 is 11.4. The van der Waals surface area contributed by atoms with E-state index in [-0.39, 0.29) is 0 Å². The Balaban J connectivity index is 0.000000258. The first-order valence-corrected chi connectivity index (χ1v) is 32.0. The van der Waals surface area contributed by atoms with E-state index in [2.05, 4.69) is 106 Å². The van der Waals surface area contributed by atoms with Gasteiger partial charge in [0.15, 0.2) is 0 Å². The summed E-state index contributed by atoms with van der Waals surface area (Å²) < 4.78 is 48.2. The second-order valence-corrected chi connectivity index (χ2v) is 26.0. The van der Waals surface area contributed by atoms with Gasteiger partial charge in [-0.3, -0.25) is 0 Å². The Morgan fingerprint density at radius 2 is 0.680 bits per heavy atom. The number of rotatable bonds is 36. The summed E-state index contributed by atoms with van der Waals surface area (Å²) in [5.74, 6) is 2.03. The highest BCUT2D eigenvalue weighted by molar-refractivity contribution is 7.28. The SMILES string of the molecule is CCCCCCc1cc(C)sc1-c1ccc(-c2ccc(-c3sc(C)cc3CCCCCC)s2)s1.COCCOCCOCCOCCOc1c(C)sc(C)c1C.COCCOCCOCCOc1c(C)sc(C)c1C. The van der Waals surface area contributed by atoms with Crippen molar-refractivity contribution >= 4 is 68.0 Å². The van der Waals surface area contributed by atoms with Crippen LogP contribution in [0.15, 0.2) is 36.4 Å². The van der Waals surface area contributed by atoms with Crippen LogP contribution >= 0.6 is 68.0 Å². The van der Waals surface area contributed by atoms with Gasteiger partial charge in [0.25, 0.3) is 0 Å². The fourth-order valence-electron chi connectivity index (χ4n) is 8.12. The molecule has 0 unspecified atom stereocenters.